The minimum atomic E-state index is -4.82. The summed E-state index contributed by atoms with van der Waals surface area (Å²) in [4.78, 5) is 27.6. The monoisotopic (exact) mass is 481 g/mol. The van der Waals surface area contributed by atoms with Crippen molar-refractivity contribution in [2.45, 2.75) is 12.6 Å². The number of aromatic nitrogens is 3. The second-order valence-electron chi connectivity index (χ2n) is 6.88. The first kappa shape index (κ1) is 22.5. The fraction of sp³-hybridized carbons (Fsp3) is 0.143. The number of carbonyl (C=O) groups excluding carboxylic acids is 1. The fourth-order valence-electron chi connectivity index (χ4n) is 3.04. The molecule has 0 atom stereocenters. The summed E-state index contributed by atoms with van der Waals surface area (Å²) < 4.78 is 74.2. The molecule has 0 unspecified atom stereocenters. The van der Waals surface area contributed by atoms with Crippen LogP contribution in [-0.4, -0.2) is 20.5 Å². The molecule has 0 bridgehead atoms. The molecule has 0 amide bonds. The van der Waals surface area contributed by atoms with Crippen LogP contribution in [0.15, 0.2) is 51.8 Å². The highest BCUT2D eigenvalue weighted by Gasteiger charge is 2.36. The number of benzene rings is 1. The van der Waals surface area contributed by atoms with Crippen molar-refractivity contribution in [3.63, 3.8) is 0 Å². The molecule has 0 radical (unpaired) electrons. The molecule has 12 heteroatoms. The van der Waals surface area contributed by atoms with Gasteiger partial charge in [0.05, 0.1) is 10.4 Å². The predicted molar refractivity (Wildman–Crippen MR) is 108 cm³/mol. The van der Waals surface area contributed by atoms with Crippen LogP contribution in [0.25, 0.3) is 21.9 Å². The SMILES string of the molecule is Cn1nc(-c2cnc(C(F)(F)F)c(-c3ccc(C(=O)Cc4c(F)cccc4F)s3)c2)oc1=O. The number of carbonyl (C=O) groups is 1. The van der Waals surface area contributed by atoms with E-state index in [9.17, 15) is 31.5 Å². The lowest BCUT2D eigenvalue weighted by Gasteiger charge is -2.11. The number of Topliss-reactive ketones (excluding diaryl/α,β-unsaturated/α-hetero) is 1. The van der Waals surface area contributed by atoms with Crippen LogP contribution in [0.3, 0.4) is 0 Å². The van der Waals surface area contributed by atoms with E-state index in [-0.39, 0.29) is 26.8 Å². The Kier molecular flexibility index (Phi) is 5.70. The van der Waals surface area contributed by atoms with E-state index in [1.807, 2.05) is 0 Å². The van der Waals surface area contributed by atoms with Gasteiger partial charge in [0.15, 0.2) is 11.5 Å². The number of rotatable bonds is 5. The van der Waals surface area contributed by atoms with Gasteiger partial charge in [-0.05, 0) is 30.3 Å². The van der Waals surface area contributed by atoms with Crippen molar-refractivity contribution in [2.75, 3.05) is 0 Å². The topological polar surface area (TPSA) is 78.0 Å². The Bertz CT molecular complexity index is 1400. The van der Waals surface area contributed by atoms with Gasteiger partial charge in [-0.1, -0.05) is 6.07 Å². The second kappa shape index (κ2) is 8.35. The molecule has 0 saturated heterocycles. The number of hydrogen-bond donors (Lipinski definition) is 0. The summed E-state index contributed by atoms with van der Waals surface area (Å²) in [5, 5.41) is 3.80. The van der Waals surface area contributed by atoms with E-state index in [1.54, 1.807) is 0 Å². The van der Waals surface area contributed by atoms with Crippen molar-refractivity contribution in [1.82, 2.24) is 14.8 Å². The van der Waals surface area contributed by atoms with E-state index in [0.717, 1.165) is 35.1 Å². The Balaban J connectivity index is 1.73. The molecule has 33 heavy (non-hydrogen) atoms. The molecule has 0 spiro atoms. The number of nitrogens with zero attached hydrogens (tertiary/aromatic N) is 3. The zero-order chi connectivity index (χ0) is 23.9. The molecule has 6 nitrogen and oxygen atoms in total. The van der Waals surface area contributed by atoms with Crippen LogP contribution in [0.4, 0.5) is 22.0 Å². The van der Waals surface area contributed by atoms with E-state index in [2.05, 4.69) is 10.1 Å². The van der Waals surface area contributed by atoms with Crippen LogP contribution in [0.1, 0.15) is 20.9 Å². The summed E-state index contributed by atoms with van der Waals surface area (Å²) in [5.74, 6) is -3.49. The van der Waals surface area contributed by atoms with E-state index >= 15 is 0 Å². The molecule has 0 N–H and O–H groups in total. The molecular weight excluding hydrogens is 469 g/mol. The first-order valence-corrected chi connectivity index (χ1v) is 10.0. The van der Waals surface area contributed by atoms with Gasteiger partial charge in [-0.15, -0.1) is 16.4 Å². The van der Waals surface area contributed by atoms with Crippen LogP contribution in [0.2, 0.25) is 0 Å². The lowest BCUT2D eigenvalue weighted by Crippen LogP contribution is -2.10. The summed E-state index contributed by atoms with van der Waals surface area (Å²) in [7, 11) is 1.31. The van der Waals surface area contributed by atoms with E-state index < -0.39 is 47.0 Å². The molecule has 3 aromatic heterocycles. The molecule has 4 rings (SSSR count). The average molecular weight is 481 g/mol. The Morgan fingerprint density at radius 3 is 2.45 bits per heavy atom. The summed E-state index contributed by atoms with van der Waals surface area (Å²) in [6.45, 7) is 0. The lowest BCUT2D eigenvalue weighted by molar-refractivity contribution is -0.140. The number of ketones is 1. The van der Waals surface area contributed by atoms with Gasteiger partial charge < -0.3 is 4.42 Å². The van der Waals surface area contributed by atoms with Gasteiger partial charge in [0.1, 0.15) is 11.6 Å². The molecule has 3 heterocycles. The number of alkyl halides is 3. The van der Waals surface area contributed by atoms with Crippen molar-refractivity contribution in [1.29, 1.82) is 0 Å². The van der Waals surface area contributed by atoms with Crippen molar-refractivity contribution in [2.24, 2.45) is 7.05 Å². The second-order valence-corrected chi connectivity index (χ2v) is 7.96. The Labute approximate surface area is 185 Å². The van der Waals surface area contributed by atoms with Crippen LogP contribution in [0, 0.1) is 11.6 Å². The van der Waals surface area contributed by atoms with E-state index in [0.29, 0.717) is 11.3 Å². The molecule has 0 aliphatic rings. The zero-order valence-electron chi connectivity index (χ0n) is 16.6. The van der Waals surface area contributed by atoms with Crippen LogP contribution in [0.5, 0.6) is 0 Å². The maximum absolute atomic E-state index is 13.9. The molecule has 1 aromatic carbocycles. The van der Waals surface area contributed by atoms with Crippen molar-refractivity contribution in [3.8, 4) is 21.9 Å². The third-order valence-electron chi connectivity index (χ3n) is 4.64. The third kappa shape index (κ3) is 4.46. The largest absolute Gasteiger partial charge is 0.437 e. The van der Waals surface area contributed by atoms with Crippen molar-refractivity contribution < 1.29 is 31.2 Å². The highest BCUT2D eigenvalue weighted by Crippen LogP contribution is 2.40. The van der Waals surface area contributed by atoms with Gasteiger partial charge in [-0.3, -0.25) is 9.78 Å². The molecule has 4 aromatic rings. The summed E-state index contributed by atoms with van der Waals surface area (Å²) in [5.41, 5.74) is -1.99. The molecule has 0 aliphatic heterocycles. The van der Waals surface area contributed by atoms with Gasteiger partial charge in [-0.25, -0.2) is 13.6 Å². The summed E-state index contributed by atoms with van der Waals surface area (Å²) in [6, 6.07) is 6.82. The zero-order valence-corrected chi connectivity index (χ0v) is 17.4. The first-order chi connectivity index (χ1) is 15.5. The summed E-state index contributed by atoms with van der Waals surface area (Å²) >= 11 is 0.715. The maximum Gasteiger partial charge on any atom is 0.437 e. The van der Waals surface area contributed by atoms with Gasteiger partial charge in [0.25, 0.3) is 5.89 Å². The minimum Gasteiger partial charge on any atom is -0.388 e. The Morgan fingerprint density at radius 1 is 1.15 bits per heavy atom. The minimum absolute atomic E-state index is 0.00977. The highest BCUT2D eigenvalue weighted by atomic mass is 32.1. The Hall–Kier alpha value is -3.67. The molecule has 170 valence electrons. The quantitative estimate of drug-likeness (QED) is 0.300. The highest BCUT2D eigenvalue weighted by molar-refractivity contribution is 7.17. The van der Waals surface area contributed by atoms with Gasteiger partial charge in [-0.2, -0.15) is 17.9 Å². The molecule has 0 aliphatic carbocycles. The normalized spacial score (nSPS) is 11.7. The number of thiophene rings is 1. The van der Waals surface area contributed by atoms with Gasteiger partial charge >= 0.3 is 11.9 Å². The van der Waals surface area contributed by atoms with Crippen LogP contribution < -0.4 is 5.76 Å². The predicted octanol–water partition coefficient (Wildman–Crippen LogP) is 4.89. The molecule has 0 saturated carbocycles. The number of halogens is 5. The Morgan fingerprint density at radius 2 is 1.85 bits per heavy atom. The average Bonchev–Trinajstić information content (AvgIpc) is 3.37. The van der Waals surface area contributed by atoms with Crippen molar-refractivity contribution in [3.05, 3.63) is 80.9 Å². The first-order valence-electron chi connectivity index (χ1n) is 9.22. The third-order valence-corrected chi connectivity index (χ3v) is 5.80. The number of aryl methyl sites for hydroxylation is 1. The van der Waals surface area contributed by atoms with Gasteiger partial charge in [0.2, 0.25) is 0 Å². The molecular formula is C21H12F5N3O3S. The van der Waals surface area contributed by atoms with Gasteiger partial charge in [0, 0.05) is 35.7 Å². The van der Waals surface area contributed by atoms with E-state index in [1.165, 1.54) is 19.2 Å². The van der Waals surface area contributed by atoms with Crippen LogP contribution >= 0.6 is 11.3 Å². The van der Waals surface area contributed by atoms with Crippen LogP contribution in [-0.2, 0) is 19.6 Å². The lowest BCUT2D eigenvalue weighted by atomic mass is 10.1. The smallest absolute Gasteiger partial charge is 0.388 e. The van der Waals surface area contributed by atoms with Crippen molar-refractivity contribution >= 4 is 17.1 Å². The van der Waals surface area contributed by atoms with E-state index in [4.69, 9.17) is 4.42 Å². The number of hydrogen-bond acceptors (Lipinski definition) is 6. The maximum atomic E-state index is 13.9. The number of pyridine rings is 1. The molecule has 0 fully saturated rings. The fourth-order valence-corrected chi connectivity index (χ4v) is 4.00. The summed E-state index contributed by atoms with van der Waals surface area (Å²) in [6.07, 6.45) is -4.54. The standard InChI is InChI=1S/C21H12F5N3O3S/c1-29-20(31)32-19(28-29)10-7-12(18(27-9-10)21(24,25)26)16-5-6-17(33-16)15(30)8-11-13(22)3-2-4-14(11)23/h2-7,9H,8H2,1H3.